The summed E-state index contributed by atoms with van der Waals surface area (Å²) in [7, 11) is 0. The van der Waals surface area contributed by atoms with E-state index in [-0.39, 0.29) is 23.3 Å². The standard InChI is InChI=1S/C22H19N5O3/c1-14(17-11-10-16-6-3-4-7-18(16)12-17)23-22(28)21-15(2)26(25-24-21)19-8-5-9-20(13-19)27(29)30/h3-14H,1-2H3,(H,23,28). The zero-order chi connectivity index (χ0) is 21.3. The molecule has 1 aromatic heterocycles. The second kappa shape index (κ2) is 7.75. The Morgan fingerprint density at radius 3 is 2.60 bits per heavy atom. The highest BCUT2D eigenvalue weighted by atomic mass is 16.6. The minimum atomic E-state index is -0.478. The molecule has 1 amide bonds. The van der Waals surface area contributed by atoms with Gasteiger partial charge in [-0.2, -0.15) is 0 Å². The molecular formula is C22H19N5O3. The van der Waals surface area contributed by atoms with Crippen molar-refractivity contribution in [1.29, 1.82) is 0 Å². The van der Waals surface area contributed by atoms with Crippen LogP contribution < -0.4 is 5.32 Å². The molecule has 1 N–H and O–H groups in total. The summed E-state index contributed by atoms with van der Waals surface area (Å²) in [6.45, 7) is 3.61. The average Bonchev–Trinajstić information content (AvgIpc) is 3.14. The number of hydrogen-bond acceptors (Lipinski definition) is 5. The van der Waals surface area contributed by atoms with Gasteiger partial charge < -0.3 is 5.32 Å². The molecule has 0 bridgehead atoms. The number of carbonyl (C=O) groups is 1. The van der Waals surface area contributed by atoms with Gasteiger partial charge in [0.2, 0.25) is 0 Å². The fourth-order valence-corrected chi connectivity index (χ4v) is 3.35. The Balaban J connectivity index is 1.56. The maximum Gasteiger partial charge on any atom is 0.274 e. The first-order valence-corrected chi connectivity index (χ1v) is 9.41. The molecule has 0 spiro atoms. The van der Waals surface area contributed by atoms with E-state index in [0.717, 1.165) is 16.3 Å². The molecule has 0 aliphatic heterocycles. The number of aromatic nitrogens is 3. The molecule has 3 aromatic carbocycles. The first-order chi connectivity index (χ1) is 14.4. The summed E-state index contributed by atoms with van der Waals surface area (Å²) in [6.07, 6.45) is 0. The van der Waals surface area contributed by atoms with E-state index >= 15 is 0 Å². The van der Waals surface area contributed by atoms with E-state index in [9.17, 15) is 14.9 Å². The van der Waals surface area contributed by atoms with Crippen LogP contribution in [0.4, 0.5) is 5.69 Å². The number of amides is 1. The van der Waals surface area contributed by atoms with Crippen molar-refractivity contribution in [3.05, 3.63) is 93.8 Å². The van der Waals surface area contributed by atoms with Gasteiger partial charge in [-0.3, -0.25) is 14.9 Å². The van der Waals surface area contributed by atoms with Crippen LogP contribution in [0.15, 0.2) is 66.7 Å². The van der Waals surface area contributed by atoms with Crippen LogP contribution in [-0.2, 0) is 0 Å². The topological polar surface area (TPSA) is 103 Å². The van der Waals surface area contributed by atoms with E-state index in [1.807, 2.05) is 49.4 Å². The van der Waals surface area contributed by atoms with Crippen molar-refractivity contribution in [2.45, 2.75) is 19.9 Å². The Morgan fingerprint density at radius 2 is 1.83 bits per heavy atom. The molecule has 0 radical (unpaired) electrons. The molecule has 4 rings (SSSR count). The van der Waals surface area contributed by atoms with E-state index in [1.54, 1.807) is 19.1 Å². The summed E-state index contributed by atoms with van der Waals surface area (Å²) in [5.41, 5.74) is 2.06. The van der Waals surface area contributed by atoms with E-state index in [4.69, 9.17) is 0 Å². The number of rotatable bonds is 5. The van der Waals surface area contributed by atoms with Crippen LogP contribution in [0, 0.1) is 17.0 Å². The van der Waals surface area contributed by atoms with Crippen molar-refractivity contribution in [3.63, 3.8) is 0 Å². The Labute approximate surface area is 172 Å². The van der Waals surface area contributed by atoms with Gasteiger partial charge in [-0.1, -0.05) is 47.7 Å². The maximum absolute atomic E-state index is 12.8. The molecule has 1 unspecified atom stereocenters. The van der Waals surface area contributed by atoms with Gasteiger partial charge in [-0.05, 0) is 42.3 Å². The Hall–Kier alpha value is -4.07. The van der Waals surface area contributed by atoms with Crippen LogP contribution in [0.25, 0.3) is 16.5 Å². The van der Waals surface area contributed by atoms with Crippen LogP contribution in [0.1, 0.15) is 34.7 Å². The van der Waals surface area contributed by atoms with E-state index in [0.29, 0.717) is 11.4 Å². The molecule has 150 valence electrons. The predicted octanol–water partition coefficient (Wildman–Crippen LogP) is 4.13. The third-order valence-corrected chi connectivity index (χ3v) is 5.02. The Bertz CT molecular complexity index is 1260. The number of nitrogens with zero attached hydrogens (tertiary/aromatic N) is 4. The van der Waals surface area contributed by atoms with Gasteiger partial charge in [0.05, 0.1) is 22.3 Å². The maximum atomic E-state index is 12.8. The van der Waals surface area contributed by atoms with Crippen molar-refractivity contribution in [1.82, 2.24) is 20.3 Å². The quantitative estimate of drug-likeness (QED) is 0.400. The molecule has 8 heteroatoms. The lowest BCUT2D eigenvalue weighted by Crippen LogP contribution is -2.27. The van der Waals surface area contributed by atoms with E-state index in [1.165, 1.54) is 16.8 Å². The van der Waals surface area contributed by atoms with Crippen molar-refractivity contribution < 1.29 is 9.72 Å². The highest BCUT2D eigenvalue weighted by Gasteiger charge is 2.20. The van der Waals surface area contributed by atoms with Crippen molar-refractivity contribution in [2.75, 3.05) is 0 Å². The number of non-ortho nitro benzene ring substituents is 1. The molecule has 30 heavy (non-hydrogen) atoms. The zero-order valence-electron chi connectivity index (χ0n) is 16.4. The van der Waals surface area contributed by atoms with Gasteiger partial charge in [0, 0.05) is 12.1 Å². The smallest absolute Gasteiger partial charge is 0.274 e. The molecule has 8 nitrogen and oxygen atoms in total. The third-order valence-electron chi connectivity index (χ3n) is 5.02. The van der Waals surface area contributed by atoms with Gasteiger partial charge in [0.25, 0.3) is 11.6 Å². The largest absolute Gasteiger partial charge is 0.344 e. The van der Waals surface area contributed by atoms with Crippen LogP contribution in [-0.4, -0.2) is 25.8 Å². The minimum Gasteiger partial charge on any atom is -0.344 e. The molecule has 0 aliphatic carbocycles. The summed E-state index contributed by atoms with van der Waals surface area (Å²) in [6, 6.07) is 19.9. The van der Waals surface area contributed by atoms with Crippen LogP contribution >= 0.6 is 0 Å². The van der Waals surface area contributed by atoms with Crippen molar-refractivity contribution in [2.24, 2.45) is 0 Å². The zero-order valence-corrected chi connectivity index (χ0v) is 16.4. The monoisotopic (exact) mass is 401 g/mol. The van der Waals surface area contributed by atoms with Crippen molar-refractivity contribution >= 4 is 22.4 Å². The molecule has 0 fully saturated rings. The number of nitro benzene ring substituents is 1. The molecule has 1 atom stereocenters. The fraction of sp³-hybridized carbons (Fsp3) is 0.136. The first kappa shape index (κ1) is 19.3. The SMILES string of the molecule is Cc1c(C(=O)NC(C)c2ccc3ccccc3c2)nnn1-c1cccc([N+](=O)[O-])c1. The summed E-state index contributed by atoms with van der Waals surface area (Å²) in [4.78, 5) is 23.3. The first-order valence-electron chi connectivity index (χ1n) is 9.41. The number of carbonyl (C=O) groups excluding carboxylic acids is 1. The fourth-order valence-electron chi connectivity index (χ4n) is 3.35. The molecular weight excluding hydrogens is 382 g/mol. The number of nitrogens with one attached hydrogen (secondary N) is 1. The predicted molar refractivity (Wildman–Crippen MR) is 113 cm³/mol. The Morgan fingerprint density at radius 1 is 1.07 bits per heavy atom. The second-order valence-corrected chi connectivity index (χ2v) is 7.01. The molecule has 0 saturated carbocycles. The van der Waals surface area contributed by atoms with Gasteiger partial charge in [0.1, 0.15) is 0 Å². The lowest BCUT2D eigenvalue weighted by Gasteiger charge is -2.14. The van der Waals surface area contributed by atoms with Gasteiger partial charge >= 0.3 is 0 Å². The number of fused-ring (bicyclic) bond motifs is 1. The number of benzene rings is 3. The summed E-state index contributed by atoms with van der Waals surface area (Å²) in [5.74, 6) is -0.357. The lowest BCUT2D eigenvalue weighted by atomic mass is 10.0. The summed E-state index contributed by atoms with van der Waals surface area (Å²) >= 11 is 0. The van der Waals surface area contributed by atoms with Crippen molar-refractivity contribution in [3.8, 4) is 5.69 Å². The molecule has 0 aliphatic rings. The summed E-state index contributed by atoms with van der Waals surface area (Å²) < 4.78 is 1.42. The number of nitro groups is 1. The molecule has 4 aromatic rings. The minimum absolute atomic E-state index is 0.0571. The van der Waals surface area contributed by atoms with E-state index in [2.05, 4.69) is 15.6 Å². The number of hydrogen-bond donors (Lipinski definition) is 1. The van der Waals surface area contributed by atoms with Crippen LogP contribution in [0.5, 0.6) is 0 Å². The normalized spacial score (nSPS) is 11.9. The van der Waals surface area contributed by atoms with Gasteiger partial charge in [0.15, 0.2) is 5.69 Å². The highest BCUT2D eigenvalue weighted by Crippen LogP contribution is 2.22. The van der Waals surface area contributed by atoms with Gasteiger partial charge in [-0.25, -0.2) is 4.68 Å². The molecule has 1 heterocycles. The summed E-state index contributed by atoms with van der Waals surface area (Å²) in [5, 5.41) is 24.2. The second-order valence-electron chi connectivity index (χ2n) is 7.01. The lowest BCUT2D eigenvalue weighted by molar-refractivity contribution is -0.384. The van der Waals surface area contributed by atoms with Crippen LogP contribution in [0.3, 0.4) is 0 Å². The van der Waals surface area contributed by atoms with Gasteiger partial charge in [-0.15, -0.1) is 5.10 Å². The molecule has 0 saturated heterocycles. The van der Waals surface area contributed by atoms with E-state index < -0.39 is 4.92 Å². The Kier molecular flexibility index (Phi) is 4.97. The van der Waals surface area contributed by atoms with Crippen LogP contribution in [0.2, 0.25) is 0 Å². The third kappa shape index (κ3) is 3.62. The average molecular weight is 401 g/mol. The highest BCUT2D eigenvalue weighted by molar-refractivity contribution is 5.93.